The van der Waals surface area contributed by atoms with E-state index in [0.717, 1.165) is 42.6 Å². The molecule has 0 aromatic heterocycles. The van der Waals surface area contributed by atoms with Crippen LogP contribution in [0.2, 0.25) is 12.6 Å². The summed E-state index contributed by atoms with van der Waals surface area (Å²) in [6.07, 6.45) is 2.23. The first-order chi connectivity index (χ1) is 23.7. The van der Waals surface area contributed by atoms with Crippen LogP contribution in [0.15, 0.2) is 109 Å². The fraction of sp³-hybridized carbons (Fsp3) is 0.333. The van der Waals surface area contributed by atoms with E-state index in [0.29, 0.717) is 0 Å². The molecule has 5 aromatic rings. The molecule has 49 heavy (non-hydrogen) atoms. The highest BCUT2D eigenvalue weighted by Gasteiger charge is 2.27. The number of fused-ring (bicyclic) bond motifs is 1. The normalized spacial score (nSPS) is 11.7. The molecule has 0 spiro atoms. The van der Waals surface area contributed by atoms with Gasteiger partial charge in [0.15, 0.2) is 0 Å². The second-order valence-electron chi connectivity index (χ2n) is 13.3. The van der Waals surface area contributed by atoms with Gasteiger partial charge >= 0.3 is 8.56 Å². The SMILES string of the molecule is CO[Si](C)(CCCSCCc1ccc(CNc2ccc(C(c3ccc(N(C)C)cc3)c3ccc(N(C)C)cc3)c3ccccc23)cc1)OC. The van der Waals surface area contributed by atoms with Crippen molar-refractivity contribution < 1.29 is 8.85 Å². The molecule has 5 rings (SSSR count). The first kappa shape index (κ1) is 36.5. The fourth-order valence-electron chi connectivity index (χ4n) is 6.31. The molecule has 5 aromatic carbocycles. The molecule has 0 radical (unpaired) electrons. The second kappa shape index (κ2) is 17.3. The van der Waals surface area contributed by atoms with Crippen LogP contribution in [0, 0.1) is 0 Å². The van der Waals surface area contributed by atoms with Gasteiger partial charge in [0.2, 0.25) is 0 Å². The van der Waals surface area contributed by atoms with Crippen LogP contribution in [0.5, 0.6) is 0 Å². The lowest BCUT2D eigenvalue weighted by Crippen LogP contribution is -2.35. The summed E-state index contributed by atoms with van der Waals surface area (Å²) in [6, 6.07) is 41.6. The van der Waals surface area contributed by atoms with Gasteiger partial charge in [0.25, 0.3) is 0 Å². The number of rotatable bonds is 17. The van der Waals surface area contributed by atoms with E-state index in [2.05, 4.69) is 159 Å². The van der Waals surface area contributed by atoms with Crippen LogP contribution in [0.4, 0.5) is 17.1 Å². The number of hydrogen-bond donors (Lipinski definition) is 1. The Kier molecular flexibility index (Phi) is 12.9. The molecule has 7 heteroatoms. The Bertz CT molecular complexity index is 1700. The summed E-state index contributed by atoms with van der Waals surface area (Å²) < 4.78 is 11.2. The third-order valence-corrected chi connectivity index (χ3v) is 13.6. The van der Waals surface area contributed by atoms with Crippen molar-refractivity contribution >= 4 is 48.2 Å². The standard InChI is InChI=1S/C42H53N3O2SSi/c1-44(2)36-21-17-34(18-22-36)42(35-19-23-37(24-20-35)45(3)4)40-25-26-41(39-12-9-8-11-38(39)40)43-31-33-15-13-32(14-16-33)27-29-48-28-10-30-49(7,46-5)47-6/h8-9,11-26,42-43H,10,27-31H2,1-7H3. The van der Waals surface area contributed by atoms with Crippen molar-refractivity contribution in [3.05, 3.63) is 137 Å². The minimum absolute atomic E-state index is 0.106. The monoisotopic (exact) mass is 691 g/mol. The summed E-state index contributed by atoms with van der Waals surface area (Å²) in [5, 5.41) is 6.28. The largest absolute Gasteiger partial charge is 0.398 e. The minimum atomic E-state index is -1.94. The van der Waals surface area contributed by atoms with Crippen molar-refractivity contribution in [3.8, 4) is 0 Å². The minimum Gasteiger partial charge on any atom is -0.398 e. The maximum Gasteiger partial charge on any atom is 0.334 e. The zero-order valence-corrected chi connectivity index (χ0v) is 32.1. The van der Waals surface area contributed by atoms with Gasteiger partial charge in [-0.2, -0.15) is 11.8 Å². The van der Waals surface area contributed by atoms with E-state index in [1.807, 2.05) is 11.8 Å². The van der Waals surface area contributed by atoms with Crippen LogP contribution in [-0.4, -0.2) is 62.5 Å². The molecular formula is C42H53N3O2SSi. The van der Waals surface area contributed by atoms with Crippen LogP contribution in [0.1, 0.15) is 40.2 Å². The first-order valence-electron chi connectivity index (χ1n) is 17.3. The zero-order chi connectivity index (χ0) is 34.8. The topological polar surface area (TPSA) is 37.0 Å². The molecule has 0 bridgehead atoms. The summed E-state index contributed by atoms with van der Waals surface area (Å²) in [5.74, 6) is 2.39. The van der Waals surface area contributed by atoms with Gasteiger partial charge in [0.05, 0.1) is 0 Å². The zero-order valence-electron chi connectivity index (χ0n) is 30.3. The quantitative estimate of drug-likeness (QED) is 0.0595. The Morgan fingerprint density at radius 1 is 0.653 bits per heavy atom. The maximum atomic E-state index is 5.61. The van der Waals surface area contributed by atoms with Gasteiger partial charge in [-0.3, -0.25) is 0 Å². The molecule has 0 saturated heterocycles. The summed E-state index contributed by atoms with van der Waals surface area (Å²) in [7, 11) is 9.96. The fourth-order valence-corrected chi connectivity index (χ4v) is 8.89. The second-order valence-corrected chi connectivity index (χ2v) is 18.1. The average Bonchev–Trinajstić information content (AvgIpc) is 3.13. The van der Waals surface area contributed by atoms with Crippen LogP contribution in [0.3, 0.4) is 0 Å². The van der Waals surface area contributed by atoms with Crippen molar-refractivity contribution in [1.29, 1.82) is 0 Å². The van der Waals surface area contributed by atoms with Crippen molar-refractivity contribution in [2.24, 2.45) is 0 Å². The highest BCUT2D eigenvalue weighted by molar-refractivity contribution is 7.99. The number of nitrogens with one attached hydrogen (secondary N) is 1. The lowest BCUT2D eigenvalue weighted by molar-refractivity contribution is 0.249. The number of thioether (sulfide) groups is 1. The molecule has 0 heterocycles. The third-order valence-electron chi connectivity index (χ3n) is 9.58. The molecule has 0 aliphatic carbocycles. The van der Waals surface area contributed by atoms with E-state index in [1.54, 1.807) is 14.2 Å². The van der Waals surface area contributed by atoms with E-state index in [-0.39, 0.29) is 5.92 Å². The number of aryl methyl sites for hydroxylation is 1. The molecule has 0 saturated carbocycles. The van der Waals surface area contributed by atoms with E-state index >= 15 is 0 Å². The summed E-state index contributed by atoms with van der Waals surface area (Å²) in [5.41, 5.74) is 10.1. The molecule has 0 aliphatic rings. The van der Waals surface area contributed by atoms with Gasteiger partial charge < -0.3 is 24.0 Å². The lowest BCUT2D eigenvalue weighted by Gasteiger charge is -2.24. The summed E-state index contributed by atoms with van der Waals surface area (Å²) in [4.78, 5) is 4.30. The maximum absolute atomic E-state index is 5.61. The predicted octanol–water partition coefficient (Wildman–Crippen LogP) is 9.79. The Morgan fingerprint density at radius 2 is 1.20 bits per heavy atom. The van der Waals surface area contributed by atoms with E-state index in [9.17, 15) is 0 Å². The Labute approximate surface area is 299 Å². The Balaban J connectivity index is 1.29. The molecule has 0 unspecified atom stereocenters. The van der Waals surface area contributed by atoms with Crippen molar-refractivity contribution in [2.45, 2.75) is 37.9 Å². The van der Waals surface area contributed by atoms with E-state index < -0.39 is 8.56 Å². The van der Waals surface area contributed by atoms with Crippen LogP contribution in [0.25, 0.3) is 10.8 Å². The van der Waals surface area contributed by atoms with E-state index in [1.165, 1.54) is 50.0 Å². The van der Waals surface area contributed by atoms with Gasteiger partial charge in [-0.05, 0) is 100 Å². The molecule has 0 aliphatic heterocycles. The third kappa shape index (κ3) is 9.48. The highest BCUT2D eigenvalue weighted by atomic mass is 32.2. The molecule has 1 N–H and O–H groups in total. The number of hydrogen-bond acceptors (Lipinski definition) is 6. The highest BCUT2D eigenvalue weighted by Crippen LogP contribution is 2.39. The molecule has 0 amide bonds. The number of nitrogens with zero attached hydrogens (tertiary/aromatic N) is 2. The first-order valence-corrected chi connectivity index (χ1v) is 20.9. The van der Waals surface area contributed by atoms with Crippen molar-refractivity contribution in [2.75, 3.05) is 69.0 Å². The van der Waals surface area contributed by atoms with Crippen molar-refractivity contribution in [1.82, 2.24) is 0 Å². The molecule has 258 valence electrons. The van der Waals surface area contributed by atoms with Crippen molar-refractivity contribution in [3.63, 3.8) is 0 Å². The van der Waals surface area contributed by atoms with Gasteiger partial charge in [-0.15, -0.1) is 0 Å². The van der Waals surface area contributed by atoms with Gasteiger partial charge in [0.1, 0.15) is 0 Å². The van der Waals surface area contributed by atoms with Gasteiger partial charge in [-0.1, -0.05) is 78.9 Å². The van der Waals surface area contributed by atoms with Gasteiger partial charge in [0, 0.05) is 77.3 Å². The van der Waals surface area contributed by atoms with E-state index in [4.69, 9.17) is 8.85 Å². The smallest absolute Gasteiger partial charge is 0.334 e. The molecule has 0 atom stereocenters. The van der Waals surface area contributed by atoms with Crippen LogP contribution < -0.4 is 15.1 Å². The van der Waals surface area contributed by atoms with Crippen LogP contribution in [-0.2, 0) is 21.8 Å². The molecule has 0 fully saturated rings. The molecule has 5 nitrogen and oxygen atoms in total. The Hall–Kier alpha value is -3.75. The van der Waals surface area contributed by atoms with Crippen LogP contribution >= 0.6 is 11.8 Å². The molecular weight excluding hydrogens is 639 g/mol. The summed E-state index contributed by atoms with van der Waals surface area (Å²) >= 11 is 2.02. The Morgan fingerprint density at radius 3 is 1.76 bits per heavy atom. The predicted molar refractivity (Wildman–Crippen MR) is 216 cm³/mol. The number of anilines is 3. The summed E-state index contributed by atoms with van der Waals surface area (Å²) in [6.45, 7) is 2.92. The lowest BCUT2D eigenvalue weighted by atomic mass is 9.82. The average molecular weight is 692 g/mol. The van der Waals surface area contributed by atoms with Gasteiger partial charge in [-0.25, -0.2) is 0 Å². The number of benzene rings is 5.